The van der Waals surface area contributed by atoms with E-state index in [0.29, 0.717) is 0 Å². The molecule has 7 heteroatoms. The van der Waals surface area contributed by atoms with Crippen LogP contribution in [0.2, 0.25) is 0 Å². The maximum atomic E-state index is 11.9. The molecule has 0 unspecified atom stereocenters. The van der Waals surface area contributed by atoms with Gasteiger partial charge in [0.15, 0.2) is 0 Å². The van der Waals surface area contributed by atoms with Crippen molar-refractivity contribution in [1.82, 2.24) is 19.7 Å². The van der Waals surface area contributed by atoms with Crippen LogP contribution in [-0.4, -0.2) is 45.3 Å². The molecule has 0 atom stereocenters. The van der Waals surface area contributed by atoms with E-state index in [1.54, 1.807) is 6.20 Å². The van der Waals surface area contributed by atoms with E-state index in [2.05, 4.69) is 16.1 Å². The predicted octanol–water partition coefficient (Wildman–Crippen LogP) is 1.79. The molecule has 1 aromatic carbocycles. The molecule has 5 rings (SSSR count). The van der Waals surface area contributed by atoms with Gasteiger partial charge in [0.25, 0.3) is 5.91 Å². The standard InChI is InChI=1S/C19H20N6O/c20-10-17(26)25-16-6-5-12(9-13(16)11-21-25)18-14-3-1-4-15(14)22-19(23-18)24-7-2-8-24/h5-6,9,11H,1-4,7-8,10,20H2. The zero-order valence-electron chi connectivity index (χ0n) is 14.5. The first-order valence-corrected chi connectivity index (χ1v) is 9.11. The Morgan fingerprint density at radius 2 is 2.04 bits per heavy atom. The Balaban J connectivity index is 1.63. The molecule has 2 aliphatic rings. The van der Waals surface area contributed by atoms with Crippen LogP contribution in [0.3, 0.4) is 0 Å². The van der Waals surface area contributed by atoms with Gasteiger partial charge < -0.3 is 10.6 Å². The first-order valence-electron chi connectivity index (χ1n) is 9.11. The van der Waals surface area contributed by atoms with Crippen molar-refractivity contribution in [2.45, 2.75) is 25.7 Å². The number of nitrogens with zero attached hydrogens (tertiary/aromatic N) is 5. The summed E-state index contributed by atoms with van der Waals surface area (Å²) in [7, 11) is 0. The molecule has 0 radical (unpaired) electrons. The number of fused-ring (bicyclic) bond motifs is 2. The number of aromatic nitrogens is 4. The molecule has 3 aromatic rings. The summed E-state index contributed by atoms with van der Waals surface area (Å²) in [6, 6.07) is 6.01. The fourth-order valence-corrected chi connectivity index (χ4v) is 3.78. The second-order valence-electron chi connectivity index (χ2n) is 6.92. The molecule has 26 heavy (non-hydrogen) atoms. The minimum atomic E-state index is -0.212. The number of carbonyl (C=O) groups excluding carboxylic acids is 1. The van der Waals surface area contributed by atoms with Crippen molar-refractivity contribution in [1.29, 1.82) is 0 Å². The van der Waals surface area contributed by atoms with E-state index in [1.165, 1.54) is 22.4 Å². The van der Waals surface area contributed by atoms with Gasteiger partial charge in [-0.1, -0.05) is 6.07 Å². The van der Waals surface area contributed by atoms with Gasteiger partial charge >= 0.3 is 0 Å². The highest BCUT2D eigenvalue weighted by Crippen LogP contribution is 2.34. The molecule has 132 valence electrons. The van der Waals surface area contributed by atoms with E-state index in [-0.39, 0.29) is 12.5 Å². The summed E-state index contributed by atoms with van der Waals surface area (Å²) < 4.78 is 1.37. The summed E-state index contributed by atoms with van der Waals surface area (Å²) in [6.45, 7) is 2.01. The summed E-state index contributed by atoms with van der Waals surface area (Å²) in [6.07, 6.45) is 6.09. The number of hydrogen-bond acceptors (Lipinski definition) is 6. The molecule has 0 spiro atoms. The van der Waals surface area contributed by atoms with Gasteiger partial charge in [0.1, 0.15) is 0 Å². The van der Waals surface area contributed by atoms with Crippen molar-refractivity contribution in [2.75, 3.05) is 24.5 Å². The van der Waals surface area contributed by atoms with Crippen LogP contribution in [0.1, 0.15) is 28.9 Å². The van der Waals surface area contributed by atoms with Gasteiger partial charge in [-0.15, -0.1) is 0 Å². The molecule has 1 aliphatic heterocycles. The maximum absolute atomic E-state index is 11.9. The third-order valence-corrected chi connectivity index (χ3v) is 5.31. The Morgan fingerprint density at radius 1 is 1.15 bits per heavy atom. The molecule has 1 fully saturated rings. The van der Waals surface area contributed by atoms with Crippen molar-refractivity contribution in [3.8, 4) is 11.3 Å². The average Bonchev–Trinajstić information content (AvgIpc) is 3.25. The summed E-state index contributed by atoms with van der Waals surface area (Å²) in [4.78, 5) is 23.8. The molecular formula is C19H20N6O. The third kappa shape index (κ3) is 2.31. The topological polar surface area (TPSA) is 89.9 Å². The SMILES string of the molecule is NCC(=O)n1ncc2cc(-c3nc(N4CCC4)nc4c3CCC4)ccc21. The van der Waals surface area contributed by atoms with Crippen molar-refractivity contribution < 1.29 is 4.79 Å². The highest BCUT2D eigenvalue weighted by atomic mass is 16.2. The first kappa shape index (κ1) is 15.5. The van der Waals surface area contributed by atoms with Crippen LogP contribution in [0.15, 0.2) is 24.4 Å². The average molecular weight is 348 g/mol. The Morgan fingerprint density at radius 3 is 2.81 bits per heavy atom. The van der Waals surface area contributed by atoms with Crippen molar-refractivity contribution in [3.63, 3.8) is 0 Å². The lowest BCUT2D eigenvalue weighted by atomic mass is 10.0. The van der Waals surface area contributed by atoms with Crippen LogP contribution in [0.5, 0.6) is 0 Å². The number of hydrogen-bond donors (Lipinski definition) is 1. The Bertz CT molecular complexity index is 1020. The van der Waals surface area contributed by atoms with Crippen molar-refractivity contribution >= 4 is 22.8 Å². The van der Waals surface area contributed by atoms with E-state index >= 15 is 0 Å². The largest absolute Gasteiger partial charge is 0.341 e. The fraction of sp³-hybridized carbons (Fsp3) is 0.368. The van der Waals surface area contributed by atoms with Gasteiger partial charge in [0, 0.05) is 35.3 Å². The lowest BCUT2D eigenvalue weighted by Crippen LogP contribution is -2.38. The van der Waals surface area contributed by atoms with Crippen LogP contribution in [0, 0.1) is 0 Å². The van der Waals surface area contributed by atoms with Gasteiger partial charge in [-0.05, 0) is 37.8 Å². The summed E-state index contributed by atoms with van der Waals surface area (Å²) in [5, 5.41) is 5.10. The quantitative estimate of drug-likeness (QED) is 0.776. The Kier molecular flexibility index (Phi) is 3.49. The molecular weight excluding hydrogens is 328 g/mol. The second kappa shape index (κ2) is 5.88. The molecule has 7 nitrogen and oxygen atoms in total. The number of benzene rings is 1. The summed E-state index contributed by atoms with van der Waals surface area (Å²) >= 11 is 0. The lowest BCUT2D eigenvalue weighted by molar-refractivity contribution is 0.0913. The molecule has 1 aliphatic carbocycles. The van der Waals surface area contributed by atoms with Gasteiger partial charge in [-0.3, -0.25) is 4.79 Å². The maximum Gasteiger partial charge on any atom is 0.261 e. The molecule has 0 amide bonds. The molecule has 3 heterocycles. The minimum absolute atomic E-state index is 0.0584. The van der Waals surface area contributed by atoms with E-state index in [4.69, 9.17) is 15.7 Å². The van der Waals surface area contributed by atoms with Crippen LogP contribution >= 0.6 is 0 Å². The Hall–Kier alpha value is -2.80. The van der Waals surface area contributed by atoms with Crippen molar-refractivity contribution in [3.05, 3.63) is 35.7 Å². The smallest absolute Gasteiger partial charge is 0.261 e. The molecule has 0 saturated carbocycles. The minimum Gasteiger partial charge on any atom is -0.341 e. The highest BCUT2D eigenvalue weighted by Gasteiger charge is 2.25. The van der Waals surface area contributed by atoms with E-state index < -0.39 is 0 Å². The lowest BCUT2D eigenvalue weighted by Gasteiger charge is -2.31. The van der Waals surface area contributed by atoms with Gasteiger partial charge in [-0.25, -0.2) is 9.97 Å². The third-order valence-electron chi connectivity index (χ3n) is 5.31. The van der Waals surface area contributed by atoms with Gasteiger partial charge in [0.05, 0.1) is 24.0 Å². The Labute approximate surface area is 150 Å². The summed E-state index contributed by atoms with van der Waals surface area (Å²) in [5.41, 5.74) is 10.8. The zero-order chi connectivity index (χ0) is 17.7. The van der Waals surface area contributed by atoms with E-state index in [0.717, 1.165) is 60.5 Å². The predicted molar refractivity (Wildman–Crippen MR) is 99.3 cm³/mol. The zero-order valence-corrected chi connectivity index (χ0v) is 14.5. The van der Waals surface area contributed by atoms with E-state index in [9.17, 15) is 4.79 Å². The van der Waals surface area contributed by atoms with Crippen LogP contribution in [-0.2, 0) is 12.8 Å². The number of rotatable bonds is 3. The molecule has 1 saturated heterocycles. The highest BCUT2D eigenvalue weighted by molar-refractivity contribution is 5.93. The van der Waals surface area contributed by atoms with Crippen LogP contribution in [0.25, 0.3) is 22.2 Å². The second-order valence-corrected chi connectivity index (χ2v) is 6.92. The van der Waals surface area contributed by atoms with Crippen LogP contribution in [0.4, 0.5) is 5.95 Å². The molecule has 2 aromatic heterocycles. The van der Waals surface area contributed by atoms with Crippen LogP contribution < -0.4 is 10.6 Å². The van der Waals surface area contributed by atoms with E-state index in [1.807, 2.05) is 12.1 Å². The number of carbonyl (C=O) groups is 1. The first-order chi connectivity index (χ1) is 12.7. The van der Waals surface area contributed by atoms with Gasteiger partial charge in [-0.2, -0.15) is 9.78 Å². The molecule has 2 N–H and O–H groups in total. The molecule has 0 bridgehead atoms. The van der Waals surface area contributed by atoms with Crippen molar-refractivity contribution in [2.24, 2.45) is 5.73 Å². The number of aryl methyl sites for hydroxylation is 1. The monoisotopic (exact) mass is 348 g/mol. The van der Waals surface area contributed by atoms with Gasteiger partial charge in [0.2, 0.25) is 5.95 Å². The number of nitrogens with two attached hydrogens (primary N) is 1. The normalized spacial score (nSPS) is 16.0. The number of anilines is 1. The summed E-state index contributed by atoms with van der Waals surface area (Å²) in [5.74, 6) is 0.636. The fourth-order valence-electron chi connectivity index (χ4n) is 3.78.